The summed E-state index contributed by atoms with van der Waals surface area (Å²) >= 11 is 3.64. The van der Waals surface area contributed by atoms with Gasteiger partial charge in [0.2, 0.25) is 0 Å². The summed E-state index contributed by atoms with van der Waals surface area (Å²) in [5.41, 5.74) is 1.38. The van der Waals surface area contributed by atoms with Crippen LogP contribution in [0.3, 0.4) is 0 Å². The van der Waals surface area contributed by atoms with Gasteiger partial charge in [0, 0.05) is 10.5 Å². The van der Waals surface area contributed by atoms with Crippen molar-refractivity contribution in [2.75, 3.05) is 6.54 Å². The lowest BCUT2D eigenvalue weighted by atomic mass is 9.88. The van der Waals surface area contributed by atoms with Gasteiger partial charge in [-0.25, -0.2) is 0 Å². The monoisotopic (exact) mass is 307 g/mol. The minimum absolute atomic E-state index is 0.444. The van der Waals surface area contributed by atoms with Gasteiger partial charge < -0.3 is 5.32 Å². The van der Waals surface area contributed by atoms with Gasteiger partial charge in [0.05, 0.1) is 0 Å². The van der Waals surface area contributed by atoms with Crippen LogP contribution in [0.2, 0.25) is 0 Å². The van der Waals surface area contributed by atoms with Crippen LogP contribution in [0.5, 0.6) is 0 Å². The second-order valence-corrected chi connectivity index (χ2v) is 6.94. The molecule has 2 aliphatic rings. The fraction of sp³-hybridized carbons (Fsp3) is 0.625. The number of benzene rings is 1. The van der Waals surface area contributed by atoms with E-state index in [9.17, 15) is 0 Å². The van der Waals surface area contributed by atoms with Gasteiger partial charge in [-0.1, -0.05) is 40.5 Å². The van der Waals surface area contributed by atoms with E-state index in [1.807, 2.05) is 0 Å². The minimum Gasteiger partial charge on any atom is -0.310 e. The van der Waals surface area contributed by atoms with Crippen molar-refractivity contribution in [1.82, 2.24) is 5.32 Å². The number of halogens is 1. The van der Waals surface area contributed by atoms with E-state index in [0.29, 0.717) is 6.04 Å². The van der Waals surface area contributed by atoms with Crippen molar-refractivity contribution in [2.45, 2.75) is 38.6 Å². The van der Waals surface area contributed by atoms with Crippen molar-refractivity contribution in [3.05, 3.63) is 34.3 Å². The Morgan fingerprint density at radius 1 is 1.28 bits per heavy atom. The molecule has 2 saturated carbocycles. The summed E-state index contributed by atoms with van der Waals surface area (Å²) in [5, 5.41) is 3.74. The summed E-state index contributed by atoms with van der Waals surface area (Å²) in [6, 6.07) is 8.99. The molecule has 1 N–H and O–H groups in total. The number of rotatable bonds is 4. The smallest absolute Gasteiger partial charge is 0.0303 e. The van der Waals surface area contributed by atoms with Crippen LogP contribution in [0, 0.1) is 17.8 Å². The molecule has 0 spiro atoms. The first-order chi connectivity index (χ1) is 8.74. The summed E-state index contributed by atoms with van der Waals surface area (Å²) in [7, 11) is 0. The predicted molar refractivity (Wildman–Crippen MR) is 79.5 cm³/mol. The third-order valence-electron chi connectivity index (χ3n) is 4.94. The molecular formula is C16H22BrN. The van der Waals surface area contributed by atoms with Crippen LogP contribution in [-0.2, 0) is 0 Å². The second kappa shape index (κ2) is 5.34. The van der Waals surface area contributed by atoms with Crippen LogP contribution in [0.1, 0.15) is 44.2 Å². The quantitative estimate of drug-likeness (QED) is 0.861. The Bertz CT molecular complexity index is 417. The molecule has 2 heteroatoms. The Morgan fingerprint density at radius 3 is 2.78 bits per heavy atom. The summed E-state index contributed by atoms with van der Waals surface area (Å²) in [5.74, 6) is 3.02. The predicted octanol–water partition coefficient (Wildman–Crippen LogP) is 4.54. The van der Waals surface area contributed by atoms with Crippen LogP contribution in [-0.4, -0.2) is 6.54 Å². The zero-order chi connectivity index (χ0) is 12.5. The fourth-order valence-electron chi connectivity index (χ4n) is 3.89. The standard InChI is InChI=1S/C16H22BrN/c1-11(15-4-2-3-5-16(15)17)18-10-14-9-12-6-7-13(14)8-12/h2-5,11-14,18H,6-10H2,1H3/t11-,12?,13?,14?/m0/s1. The van der Waals surface area contributed by atoms with E-state index in [2.05, 4.69) is 52.4 Å². The highest BCUT2D eigenvalue weighted by Crippen LogP contribution is 2.48. The topological polar surface area (TPSA) is 12.0 Å². The van der Waals surface area contributed by atoms with Crippen molar-refractivity contribution < 1.29 is 0 Å². The van der Waals surface area contributed by atoms with Crippen molar-refractivity contribution in [3.8, 4) is 0 Å². The molecule has 18 heavy (non-hydrogen) atoms. The second-order valence-electron chi connectivity index (χ2n) is 6.09. The van der Waals surface area contributed by atoms with Gasteiger partial charge in [0.15, 0.2) is 0 Å². The molecule has 1 aromatic rings. The van der Waals surface area contributed by atoms with Crippen molar-refractivity contribution in [2.24, 2.45) is 17.8 Å². The molecule has 4 atom stereocenters. The normalized spacial score (nSPS) is 31.8. The van der Waals surface area contributed by atoms with E-state index in [4.69, 9.17) is 0 Å². The molecule has 98 valence electrons. The van der Waals surface area contributed by atoms with Crippen molar-refractivity contribution in [1.29, 1.82) is 0 Å². The Hall–Kier alpha value is -0.340. The minimum atomic E-state index is 0.444. The Balaban J connectivity index is 1.56. The van der Waals surface area contributed by atoms with Crippen LogP contribution in [0.4, 0.5) is 0 Å². The molecule has 0 amide bonds. The number of nitrogens with one attached hydrogen (secondary N) is 1. The van der Waals surface area contributed by atoms with E-state index in [1.165, 1.54) is 42.3 Å². The molecule has 0 aromatic heterocycles. The van der Waals surface area contributed by atoms with E-state index >= 15 is 0 Å². The van der Waals surface area contributed by atoms with Gasteiger partial charge in [-0.05, 0) is 62.1 Å². The average Bonchev–Trinajstić information content (AvgIpc) is 2.98. The molecule has 2 fully saturated rings. The SMILES string of the molecule is C[C@H](NCC1CC2CCC1C2)c1ccccc1Br. The maximum Gasteiger partial charge on any atom is 0.0303 e. The van der Waals surface area contributed by atoms with E-state index in [-0.39, 0.29) is 0 Å². The lowest BCUT2D eigenvalue weighted by Gasteiger charge is -2.24. The summed E-state index contributed by atoms with van der Waals surface area (Å²) in [4.78, 5) is 0. The fourth-order valence-corrected chi connectivity index (χ4v) is 4.52. The molecule has 1 nitrogen and oxygen atoms in total. The molecule has 0 radical (unpaired) electrons. The number of hydrogen-bond donors (Lipinski definition) is 1. The third kappa shape index (κ3) is 2.50. The Morgan fingerprint density at radius 2 is 2.11 bits per heavy atom. The van der Waals surface area contributed by atoms with Crippen LogP contribution >= 0.6 is 15.9 Å². The first-order valence-corrected chi connectivity index (χ1v) is 8.01. The van der Waals surface area contributed by atoms with Gasteiger partial charge in [0.1, 0.15) is 0 Å². The molecule has 0 heterocycles. The van der Waals surface area contributed by atoms with Crippen LogP contribution in [0.15, 0.2) is 28.7 Å². The van der Waals surface area contributed by atoms with Crippen LogP contribution < -0.4 is 5.32 Å². The summed E-state index contributed by atoms with van der Waals surface area (Å²) in [6.07, 6.45) is 5.97. The molecule has 3 rings (SSSR count). The summed E-state index contributed by atoms with van der Waals surface area (Å²) in [6.45, 7) is 3.47. The van der Waals surface area contributed by atoms with Gasteiger partial charge in [-0.3, -0.25) is 0 Å². The highest BCUT2D eigenvalue weighted by atomic mass is 79.9. The molecule has 2 bridgehead atoms. The Kier molecular flexibility index (Phi) is 3.76. The highest BCUT2D eigenvalue weighted by Gasteiger charge is 2.39. The van der Waals surface area contributed by atoms with Crippen molar-refractivity contribution in [3.63, 3.8) is 0 Å². The summed E-state index contributed by atoms with van der Waals surface area (Å²) < 4.78 is 1.22. The van der Waals surface area contributed by atoms with E-state index < -0.39 is 0 Å². The molecule has 2 aliphatic carbocycles. The molecule has 0 saturated heterocycles. The van der Waals surface area contributed by atoms with Gasteiger partial charge in [-0.2, -0.15) is 0 Å². The lowest BCUT2D eigenvalue weighted by molar-refractivity contribution is 0.309. The molecule has 1 aromatic carbocycles. The van der Waals surface area contributed by atoms with Crippen LogP contribution in [0.25, 0.3) is 0 Å². The molecule has 0 aliphatic heterocycles. The zero-order valence-corrected chi connectivity index (χ0v) is 12.6. The van der Waals surface area contributed by atoms with E-state index in [1.54, 1.807) is 0 Å². The third-order valence-corrected chi connectivity index (χ3v) is 5.66. The number of fused-ring (bicyclic) bond motifs is 2. The molecule has 3 unspecified atom stereocenters. The molecular weight excluding hydrogens is 286 g/mol. The largest absolute Gasteiger partial charge is 0.310 e. The van der Waals surface area contributed by atoms with Gasteiger partial charge in [-0.15, -0.1) is 0 Å². The maximum absolute atomic E-state index is 3.74. The van der Waals surface area contributed by atoms with Gasteiger partial charge in [0.25, 0.3) is 0 Å². The first kappa shape index (κ1) is 12.7. The number of hydrogen-bond acceptors (Lipinski definition) is 1. The van der Waals surface area contributed by atoms with Crippen molar-refractivity contribution >= 4 is 15.9 Å². The average molecular weight is 308 g/mol. The highest BCUT2D eigenvalue weighted by molar-refractivity contribution is 9.10. The maximum atomic E-state index is 3.74. The lowest BCUT2D eigenvalue weighted by Crippen LogP contribution is -2.28. The van der Waals surface area contributed by atoms with E-state index in [0.717, 1.165) is 17.8 Å². The zero-order valence-electron chi connectivity index (χ0n) is 11.0. The first-order valence-electron chi connectivity index (χ1n) is 7.22. The Labute approximate surface area is 118 Å². The van der Waals surface area contributed by atoms with Gasteiger partial charge >= 0.3 is 0 Å².